The highest BCUT2D eigenvalue weighted by Crippen LogP contribution is 2.25. The zero-order chi connectivity index (χ0) is 18.7. The smallest absolute Gasteiger partial charge is 0.254 e. The number of primary amides is 1. The van der Waals surface area contributed by atoms with E-state index in [1.54, 1.807) is 23.1 Å². The summed E-state index contributed by atoms with van der Waals surface area (Å²) < 4.78 is 32.8. The normalized spacial score (nSPS) is 13.5. The minimum atomic E-state index is -0.664. The van der Waals surface area contributed by atoms with E-state index in [9.17, 15) is 18.4 Å². The molecule has 136 valence electrons. The Kier molecular flexibility index (Phi) is 5.16. The number of carbonyl (C=O) groups excluding carboxylic acids is 2. The minimum absolute atomic E-state index is 0.121. The van der Waals surface area contributed by atoms with Crippen LogP contribution in [0, 0.1) is 11.6 Å². The zero-order valence-corrected chi connectivity index (χ0v) is 14.0. The van der Waals surface area contributed by atoms with Gasteiger partial charge in [-0.1, -0.05) is 6.07 Å². The molecule has 0 spiro atoms. The number of amides is 2. The van der Waals surface area contributed by atoms with Gasteiger partial charge in [0.25, 0.3) is 5.91 Å². The van der Waals surface area contributed by atoms with E-state index < -0.39 is 17.5 Å². The second-order valence-electron chi connectivity index (χ2n) is 6.07. The number of hydrogen-bond donors (Lipinski definition) is 1. The summed E-state index contributed by atoms with van der Waals surface area (Å²) in [6.07, 6.45) is 0.724. The molecule has 0 unspecified atom stereocenters. The molecular formula is C19H18F2N2O3. The van der Waals surface area contributed by atoms with E-state index in [1.165, 1.54) is 18.2 Å². The van der Waals surface area contributed by atoms with Gasteiger partial charge in [-0.05, 0) is 42.3 Å². The highest BCUT2D eigenvalue weighted by molar-refractivity contribution is 5.97. The van der Waals surface area contributed by atoms with Crippen LogP contribution in [0.25, 0.3) is 0 Å². The highest BCUT2D eigenvalue weighted by Gasteiger charge is 2.24. The van der Waals surface area contributed by atoms with Crippen molar-refractivity contribution in [2.75, 3.05) is 13.1 Å². The Bertz CT molecular complexity index is 834. The van der Waals surface area contributed by atoms with Crippen LogP contribution >= 0.6 is 0 Å². The van der Waals surface area contributed by atoms with Crippen molar-refractivity contribution in [3.05, 3.63) is 64.7 Å². The molecule has 0 aromatic heterocycles. The molecule has 0 bridgehead atoms. The summed E-state index contributed by atoms with van der Waals surface area (Å²) in [5, 5.41) is 0. The maximum atomic E-state index is 13.6. The Balaban J connectivity index is 1.70. The summed E-state index contributed by atoms with van der Waals surface area (Å²) >= 11 is 0. The number of nitrogens with two attached hydrogens (primary N) is 1. The molecule has 3 rings (SSSR count). The standard InChI is InChI=1S/C19H18F2N2O3/c20-16-2-1-3-17(21)15(16)11-26-13-4-5-14-12(10-13)6-8-23(19(14)25)9-7-18(22)24/h1-5,10H,6-9,11H2,(H2,22,24). The van der Waals surface area contributed by atoms with Gasteiger partial charge in [0.1, 0.15) is 24.0 Å². The Morgan fingerprint density at radius 3 is 2.62 bits per heavy atom. The molecule has 7 heteroatoms. The average molecular weight is 360 g/mol. The topological polar surface area (TPSA) is 72.6 Å². The first-order chi connectivity index (χ1) is 12.5. The van der Waals surface area contributed by atoms with Crippen LogP contribution in [0.15, 0.2) is 36.4 Å². The molecule has 1 heterocycles. The molecule has 0 saturated heterocycles. The van der Waals surface area contributed by atoms with Gasteiger partial charge in [0.2, 0.25) is 5.91 Å². The van der Waals surface area contributed by atoms with Crippen molar-refractivity contribution in [1.29, 1.82) is 0 Å². The van der Waals surface area contributed by atoms with Crippen molar-refractivity contribution in [3.63, 3.8) is 0 Å². The van der Waals surface area contributed by atoms with Crippen LogP contribution in [0.3, 0.4) is 0 Å². The molecular weight excluding hydrogens is 342 g/mol. The van der Waals surface area contributed by atoms with E-state index in [1.807, 2.05) is 0 Å². The van der Waals surface area contributed by atoms with Crippen LogP contribution in [0.4, 0.5) is 8.78 Å². The summed E-state index contributed by atoms with van der Waals surface area (Å²) in [6.45, 7) is 0.527. The van der Waals surface area contributed by atoms with E-state index in [-0.39, 0.29) is 24.5 Å². The summed E-state index contributed by atoms with van der Waals surface area (Å²) in [7, 11) is 0. The third-order valence-corrected chi connectivity index (χ3v) is 4.32. The first-order valence-electron chi connectivity index (χ1n) is 8.22. The molecule has 0 saturated carbocycles. The van der Waals surface area contributed by atoms with Gasteiger partial charge in [-0.2, -0.15) is 0 Å². The summed E-state index contributed by atoms with van der Waals surface area (Å²) in [4.78, 5) is 24.9. The van der Waals surface area contributed by atoms with Gasteiger partial charge in [0.15, 0.2) is 0 Å². The zero-order valence-electron chi connectivity index (χ0n) is 14.0. The van der Waals surface area contributed by atoms with Gasteiger partial charge in [-0.3, -0.25) is 9.59 Å². The van der Waals surface area contributed by atoms with E-state index >= 15 is 0 Å². The molecule has 0 atom stereocenters. The van der Waals surface area contributed by atoms with E-state index in [0.29, 0.717) is 30.8 Å². The van der Waals surface area contributed by atoms with Crippen molar-refractivity contribution >= 4 is 11.8 Å². The number of benzene rings is 2. The number of fused-ring (bicyclic) bond motifs is 1. The quantitative estimate of drug-likeness (QED) is 0.860. The van der Waals surface area contributed by atoms with Gasteiger partial charge >= 0.3 is 0 Å². The summed E-state index contributed by atoms with van der Waals surface area (Å²) in [5.74, 6) is -1.51. The molecule has 1 aliphatic rings. The molecule has 2 aromatic carbocycles. The maximum absolute atomic E-state index is 13.6. The summed E-state index contributed by atoms with van der Waals surface area (Å²) in [6, 6.07) is 8.57. The average Bonchev–Trinajstić information content (AvgIpc) is 2.60. The fourth-order valence-electron chi connectivity index (χ4n) is 2.89. The molecule has 2 aromatic rings. The van der Waals surface area contributed by atoms with E-state index in [2.05, 4.69) is 0 Å². The molecule has 0 aliphatic carbocycles. The second-order valence-corrected chi connectivity index (χ2v) is 6.07. The lowest BCUT2D eigenvalue weighted by Gasteiger charge is -2.28. The molecule has 2 N–H and O–H groups in total. The molecule has 2 amide bonds. The Labute approximate surface area is 149 Å². The first kappa shape index (κ1) is 17.8. The number of carbonyl (C=O) groups is 2. The van der Waals surface area contributed by atoms with E-state index in [4.69, 9.17) is 10.5 Å². The van der Waals surface area contributed by atoms with Crippen LogP contribution in [-0.4, -0.2) is 29.8 Å². The third-order valence-electron chi connectivity index (χ3n) is 4.32. The van der Waals surface area contributed by atoms with Crippen molar-refractivity contribution in [2.24, 2.45) is 5.73 Å². The van der Waals surface area contributed by atoms with Crippen LogP contribution in [-0.2, 0) is 17.8 Å². The maximum Gasteiger partial charge on any atom is 0.254 e. The second kappa shape index (κ2) is 7.51. The lowest BCUT2D eigenvalue weighted by atomic mass is 9.98. The number of halogens is 2. The third kappa shape index (κ3) is 3.82. The van der Waals surface area contributed by atoms with Crippen LogP contribution in [0.2, 0.25) is 0 Å². The SMILES string of the molecule is NC(=O)CCN1CCc2cc(OCc3c(F)cccc3F)ccc2C1=O. The number of nitrogens with zero attached hydrogens (tertiary/aromatic N) is 1. The number of hydrogen-bond acceptors (Lipinski definition) is 3. The molecule has 0 fully saturated rings. The predicted octanol–water partition coefficient (Wildman–Crippen LogP) is 2.42. The highest BCUT2D eigenvalue weighted by atomic mass is 19.1. The fraction of sp³-hybridized carbons (Fsp3) is 0.263. The minimum Gasteiger partial charge on any atom is -0.489 e. The van der Waals surface area contributed by atoms with Crippen molar-refractivity contribution < 1.29 is 23.1 Å². The van der Waals surface area contributed by atoms with Gasteiger partial charge in [0.05, 0.1) is 5.56 Å². The number of rotatable bonds is 6. The summed E-state index contributed by atoms with van der Waals surface area (Å²) in [5.41, 5.74) is 6.32. The predicted molar refractivity (Wildman–Crippen MR) is 90.6 cm³/mol. The molecule has 26 heavy (non-hydrogen) atoms. The van der Waals surface area contributed by atoms with Gasteiger partial charge in [-0.25, -0.2) is 8.78 Å². The number of ether oxygens (including phenoxy) is 1. The molecule has 0 radical (unpaired) electrons. The van der Waals surface area contributed by atoms with Crippen molar-refractivity contribution in [2.45, 2.75) is 19.4 Å². The van der Waals surface area contributed by atoms with E-state index in [0.717, 1.165) is 5.56 Å². The lowest BCUT2D eigenvalue weighted by Crippen LogP contribution is -2.39. The van der Waals surface area contributed by atoms with Crippen LogP contribution in [0.5, 0.6) is 5.75 Å². The van der Waals surface area contributed by atoms with Gasteiger partial charge in [0, 0.05) is 25.1 Å². The van der Waals surface area contributed by atoms with Crippen LogP contribution < -0.4 is 10.5 Å². The molecule has 1 aliphatic heterocycles. The van der Waals surface area contributed by atoms with Crippen molar-refractivity contribution in [1.82, 2.24) is 4.90 Å². The first-order valence-corrected chi connectivity index (χ1v) is 8.22. The Hall–Kier alpha value is -2.96. The Morgan fingerprint density at radius 2 is 1.92 bits per heavy atom. The van der Waals surface area contributed by atoms with Crippen molar-refractivity contribution in [3.8, 4) is 5.75 Å². The Morgan fingerprint density at radius 1 is 1.19 bits per heavy atom. The largest absolute Gasteiger partial charge is 0.489 e. The van der Waals surface area contributed by atoms with Crippen LogP contribution in [0.1, 0.15) is 27.9 Å². The lowest BCUT2D eigenvalue weighted by molar-refractivity contribution is -0.118. The fourth-order valence-corrected chi connectivity index (χ4v) is 2.89. The monoisotopic (exact) mass is 360 g/mol. The van der Waals surface area contributed by atoms with Gasteiger partial charge < -0.3 is 15.4 Å². The van der Waals surface area contributed by atoms with Gasteiger partial charge in [-0.15, -0.1) is 0 Å². The molecule has 5 nitrogen and oxygen atoms in total.